The van der Waals surface area contributed by atoms with Gasteiger partial charge in [-0.3, -0.25) is 4.79 Å². The predicted octanol–water partition coefficient (Wildman–Crippen LogP) is 3.28. The number of nitrogens with one attached hydrogen (secondary N) is 1. The molecule has 120 valence electrons. The number of hydrogen-bond acceptors (Lipinski definition) is 4. The fourth-order valence-corrected chi connectivity index (χ4v) is 2.81. The molecule has 3 rings (SSSR count). The van der Waals surface area contributed by atoms with Gasteiger partial charge < -0.3 is 10.2 Å². The van der Waals surface area contributed by atoms with Gasteiger partial charge in [0, 0.05) is 23.8 Å². The van der Waals surface area contributed by atoms with Crippen LogP contribution in [0.1, 0.15) is 43.2 Å². The summed E-state index contributed by atoms with van der Waals surface area (Å²) in [6.07, 6.45) is 3.43. The van der Waals surface area contributed by atoms with Crippen LogP contribution in [-0.4, -0.2) is 28.0 Å². The highest BCUT2D eigenvalue weighted by Gasteiger charge is 2.24. The first-order valence-electron chi connectivity index (χ1n) is 7.94. The summed E-state index contributed by atoms with van der Waals surface area (Å²) in [7, 11) is 0. The third-order valence-electron chi connectivity index (χ3n) is 3.74. The van der Waals surface area contributed by atoms with Crippen molar-refractivity contribution in [3.63, 3.8) is 0 Å². The van der Waals surface area contributed by atoms with Crippen LogP contribution < -0.4 is 10.2 Å². The standard InChI is InChI=1S/C18H22N4O/c1-18(2,3)21-16-11-14(19-12-20-16)17(23)22-10-6-8-13-7-4-5-9-15(13)22/h4-5,7,9,11-12H,6,8,10H2,1-3H3,(H,19,20,21). The molecule has 1 aliphatic heterocycles. The lowest BCUT2D eigenvalue weighted by Crippen LogP contribution is -2.36. The summed E-state index contributed by atoms with van der Waals surface area (Å²) in [5.74, 6) is 0.595. The average molecular weight is 310 g/mol. The van der Waals surface area contributed by atoms with Gasteiger partial charge in [-0.1, -0.05) is 18.2 Å². The summed E-state index contributed by atoms with van der Waals surface area (Å²) in [4.78, 5) is 23.1. The number of amides is 1. The van der Waals surface area contributed by atoms with Gasteiger partial charge in [0.15, 0.2) is 0 Å². The lowest BCUT2D eigenvalue weighted by molar-refractivity contribution is 0.0980. The molecule has 5 nitrogen and oxygen atoms in total. The van der Waals surface area contributed by atoms with Gasteiger partial charge in [0.2, 0.25) is 0 Å². The number of nitrogens with zero attached hydrogens (tertiary/aromatic N) is 3. The second-order valence-corrected chi connectivity index (χ2v) is 6.85. The third-order valence-corrected chi connectivity index (χ3v) is 3.74. The molecule has 2 heterocycles. The van der Waals surface area contributed by atoms with Gasteiger partial charge in [-0.25, -0.2) is 9.97 Å². The highest BCUT2D eigenvalue weighted by Crippen LogP contribution is 2.28. The zero-order valence-electron chi connectivity index (χ0n) is 13.8. The van der Waals surface area contributed by atoms with Crippen LogP contribution in [0.4, 0.5) is 11.5 Å². The summed E-state index contributed by atoms with van der Waals surface area (Å²) in [6, 6.07) is 9.80. The van der Waals surface area contributed by atoms with Crippen LogP contribution in [0.2, 0.25) is 0 Å². The van der Waals surface area contributed by atoms with Crippen molar-refractivity contribution < 1.29 is 4.79 Å². The molecule has 0 spiro atoms. The van der Waals surface area contributed by atoms with Crippen molar-refractivity contribution in [2.24, 2.45) is 0 Å². The van der Waals surface area contributed by atoms with E-state index in [1.165, 1.54) is 11.9 Å². The summed E-state index contributed by atoms with van der Waals surface area (Å²) >= 11 is 0. The summed E-state index contributed by atoms with van der Waals surface area (Å²) in [5, 5.41) is 3.28. The SMILES string of the molecule is CC(C)(C)Nc1cc(C(=O)N2CCCc3ccccc32)ncn1. The maximum absolute atomic E-state index is 12.9. The molecule has 0 atom stereocenters. The molecule has 0 aliphatic carbocycles. The Hall–Kier alpha value is -2.43. The number of carbonyl (C=O) groups is 1. The van der Waals surface area contributed by atoms with Crippen LogP contribution >= 0.6 is 0 Å². The van der Waals surface area contributed by atoms with E-state index in [1.54, 1.807) is 6.07 Å². The van der Waals surface area contributed by atoms with E-state index in [0.717, 1.165) is 25.1 Å². The number of hydrogen-bond donors (Lipinski definition) is 1. The van der Waals surface area contributed by atoms with E-state index in [0.29, 0.717) is 11.5 Å². The van der Waals surface area contributed by atoms with Gasteiger partial charge in [0.05, 0.1) is 0 Å². The largest absolute Gasteiger partial charge is 0.365 e. The van der Waals surface area contributed by atoms with Crippen molar-refractivity contribution in [1.29, 1.82) is 0 Å². The van der Waals surface area contributed by atoms with E-state index in [9.17, 15) is 4.79 Å². The van der Waals surface area contributed by atoms with Crippen molar-refractivity contribution in [2.75, 3.05) is 16.8 Å². The van der Waals surface area contributed by atoms with E-state index in [1.807, 2.05) is 23.1 Å². The highest BCUT2D eigenvalue weighted by molar-refractivity contribution is 6.05. The first-order chi connectivity index (χ1) is 10.9. The number of anilines is 2. The molecule has 0 bridgehead atoms. The Bertz CT molecular complexity index is 721. The molecule has 1 aliphatic rings. The van der Waals surface area contributed by atoms with E-state index in [2.05, 4.69) is 42.1 Å². The van der Waals surface area contributed by atoms with Crippen LogP contribution in [0, 0.1) is 0 Å². The summed E-state index contributed by atoms with van der Waals surface area (Å²) in [6.45, 7) is 6.88. The van der Waals surface area contributed by atoms with Crippen molar-refractivity contribution in [2.45, 2.75) is 39.2 Å². The van der Waals surface area contributed by atoms with Crippen LogP contribution in [0.5, 0.6) is 0 Å². The molecule has 2 aromatic rings. The molecule has 0 radical (unpaired) electrons. The minimum absolute atomic E-state index is 0.0727. The number of aryl methyl sites for hydroxylation is 1. The lowest BCUT2D eigenvalue weighted by atomic mass is 10.0. The second kappa shape index (κ2) is 5.99. The van der Waals surface area contributed by atoms with Gasteiger partial charge in [-0.15, -0.1) is 0 Å². The van der Waals surface area contributed by atoms with Crippen LogP contribution in [-0.2, 0) is 6.42 Å². The van der Waals surface area contributed by atoms with Crippen LogP contribution in [0.15, 0.2) is 36.7 Å². The first-order valence-corrected chi connectivity index (χ1v) is 7.94. The van der Waals surface area contributed by atoms with E-state index >= 15 is 0 Å². The number of rotatable bonds is 2. The molecule has 1 aromatic heterocycles. The molecule has 0 unspecified atom stereocenters. The van der Waals surface area contributed by atoms with E-state index < -0.39 is 0 Å². The lowest BCUT2D eigenvalue weighted by Gasteiger charge is -2.29. The molecule has 0 fully saturated rings. The van der Waals surface area contributed by atoms with E-state index in [4.69, 9.17) is 0 Å². The zero-order valence-corrected chi connectivity index (χ0v) is 13.8. The molecule has 5 heteroatoms. The Morgan fingerprint density at radius 1 is 1.22 bits per heavy atom. The predicted molar refractivity (Wildman–Crippen MR) is 91.8 cm³/mol. The smallest absolute Gasteiger partial charge is 0.277 e. The zero-order chi connectivity index (χ0) is 16.4. The fourth-order valence-electron chi connectivity index (χ4n) is 2.81. The quantitative estimate of drug-likeness (QED) is 0.925. The van der Waals surface area contributed by atoms with Gasteiger partial charge in [-0.05, 0) is 45.2 Å². The van der Waals surface area contributed by atoms with Crippen LogP contribution in [0.25, 0.3) is 0 Å². The topological polar surface area (TPSA) is 58.1 Å². The number of carbonyl (C=O) groups excluding carboxylic acids is 1. The maximum Gasteiger partial charge on any atom is 0.277 e. The molecule has 1 amide bonds. The average Bonchev–Trinajstić information content (AvgIpc) is 2.52. The minimum atomic E-state index is -0.119. The number of para-hydroxylation sites is 1. The molecule has 23 heavy (non-hydrogen) atoms. The Kier molecular flexibility index (Phi) is 4.03. The van der Waals surface area contributed by atoms with Gasteiger partial charge >= 0.3 is 0 Å². The number of benzene rings is 1. The highest BCUT2D eigenvalue weighted by atomic mass is 16.2. The summed E-state index contributed by atoms with van der Waals surface area (Å²) < 4.78 is 0. The monoisotopic (exact) mass is 310 g/mol. The van der Waals surface area contributed by atoms with Crippen molar-refractivity contribution in [3.05, 3.63) is 47.9 Å². The molecular formula is C18H22N4O. The van der Waals surface area contributed by atoms with Gasteiger partial charge in [0.25, 0.3) is 5.91 Å². The van der Waals surface area contributed by atoms with E-state index in [-0.39, 0.29) is 11.4 Å². The Balaban J connectivity index is 1.88. The normalized spacial score (nSPS) is 14.3. The molecule has 1 aromatic carbocycles. The number of aromatic nitrogens is 2. The Labute approximate surface area is 136 Å². The summed E-state index contributed by atoms with van der Waals surface area (Å²) in [5.41, 5.74) is 2.51. The molecular weight excluding hydrogens is 288 g/mol. The van der Waals surface area contributed by atoms with Crippen molar-refractivity contribution >= 4 is 17.4 Å². The number of fused-ring (bicyclic) bond motifs is 1. The molecule has 1 N–H and O–H groups in total. The first kappa shape index (κ1) is 15.5. The fraction of sp³-hybridized carbons (Fsp3) is 0.389. The Morgan fingerprint density at radius 2 is 2.00 bits per heavy atom. The molecule has 0 saturated carbocycles. The second-order valence-electron chi connectivity index (χ2n) is 6.85. The van der Waals surface area contributed by atoms with Crippen molar-refractivity contribution in [3.8, 4) is 0 Å². The minimum Gasteiger partial charge on any atom is -0.365 e. The Morgan fingerprint density at radius 3 is 2.78 bits per heavy atom. The molecule has 0 saturated heterocycles. The van der Waals surface area contributed by atoms with Gasteiger partial charge in [0.1, 0.15) is 17.8 Å². The van der Waals surface area contributed by atoms with Gasteiger partial charge in [-0.2, -0.15) is 0 Å². The van der Waals surface area contributed by atoms with Crippen LogP contribution in [0.3, 0.4) is 0 Å². The third kappa shape index (κ3) is 3.50. The van der Waals surface area contributed by atoms with Crippen molar-refractivity contribution in [1.82, 2.24) is 9.97 Å². The maximum atomic E-state index is 12.9.